The fourth-order valence-electron chi connectivity index (χ4n) is 1.64. The molecule has 0 radical (unpaired) electrons. The molecule has 13 heavy (non-hydrogen) atoms. The van der Waals surface area contributed by atoms with Crippen LogP contribution >= 0.6 is 0 Å². The molecule has 0 fully saturated rings. The van der Waals surface area contributed by atoms with Gasteiger partial charge in [-0.3, -0.25) is 0 Å². The summed E-state index contributed by atoms with van der Waals surface area (Å²) in [7, 11) is 0. The van der Waals surface area contributed by atoms with E-state index in [0.717, 1.165) is 11.1 Å². The highest BCUT2D eigenvalue weighted by Crippen LogP contribution is 2.32. The second-order valence-electron chi connectivity index (χ2n) is 3.54. The van der Waals surface area contributed by atoms with Crippen molar-refractivity contribution in [3.63, 3.8) is 0 Å². The standard InChI is InChI=1S/C11H12O2/c1-11(13)9-5-3-2-4-8(9)6-7-10(11)12/h2-7,10,12-13H,1H3. The minimum absolute atomic E-state index is 0.782. The number of fused-ring (bicyclic) bond motifs is 1. The largest absolute Gasteiger partial charge is 0.386 e. The maximum absolute atomic E-state index is 9.99. The summed E-state index contributed by atoms with van der Waals surface area (Å²) in [5.41, 5.74) is 0.591. The molecular weight excluding hydrogens is 164 g/mol. The maximum atomic E-state index is 9.99. The van der Waals surface area contributed by atoms with Crippen molar-refractivity contribution in [3.05, 3.63) is 41.5 Å². The smallest absolute Gasteiger partial charge is 0.117 e. The monoisotopic (exact) mass is 176 g/mol. The molecule has 2 atom stereocenters. The van der Waals surface area contributed by atoms with Crippen LogP contribution in [-0.2, 0) is 5.60 Å². The molecule has 0 aliphatic heterocycles. The van der Waals surface area contributed by atoms with E-state index in [9.17, 15) is 10.2 Å². The van der Waals surface area contributed by atoms with Gasteiger partial charge in [0, 0.05) is 0 Å². The van der Waals surface area contributed by atoms with Crippen molar-refractivity contribution < 1.29 is 10.2 Å². The lowest BCUT2D eigenvalue weighted by Crippen LogP contribution is -2.37. The number of aliphatic hydroxyl groups is 2. The topological polar surface area (TPSA) is 40.5 Å². The van der Waals surface area contributed by atoms with Gasteiger partial charge in [-0.2, -0.15) is 0 Å². The molecular formula is C11H12O2. The minimum atomic E-state index is -1.16. The third-order valence-electron chi connectivity index (χ3n) is 2.54. The Morgan fingerprint density at radius 1 is 1.31 bits per heavy atom. The highest BCUT2D eigenvalue weighted by molar-refractivity contribution is 5.59. The molecule has 0 aromatic heterocycles. The Morgan fingerprint density at radius 3 is 2.77 bits per heavy atom. The Bertz CT molecular complexity index is 353. The van der Waals surface area contributed by atoms with E-state index < -0.39 is 11.7 Å². The normalized spacial score (nSPS) is 31.5. The molecule has 2 heteroatoms. The molecule has 2 nitrogen and oxygen atoms in total. The number of hydrogen-bond donors (Lipinski definition) is 2. The van der Waals surface area contributed by atoms with Gasteiger partial charge in [0.25, 0.3) is 0 Å². The second kappa shape index (κ2) is 2.69. The van der Waals surface area contributed by atoms with Crippen LogP contribution in [0, 0.1) is 0 Å². The van der Waals surface area contributed by atoms with Crippen molar-refractivity contribution in [2.24, 2.45) is 0 Å². The summed E-state index contributed by atoms with van der Waals surface area (Å²) < 4.78 is 0. The Hall–Kier alpha value is -1.12. The van der Waals surface area contributed by atoms with Crippen LogP contribution < -0.4 is 0 Å². The third-order valence-corrected chi connectivity index (χ3v) is 2.54. The van der Waals surface area contributed by atoms with Crippen molar-refractivity contribution in [1.82, 2.24) is 0 Å². The molecule has 2 unspecified atom stereocenters. The number of rotatable bonds is 0. The average Bonchev–Trinajstić information content (AvgIpc) is 2.13. The van der Waals surface area contributed by atoms with E-state index in [0.29, 0.717) is 0 Å². The Labute approximate surface area is 77.1 Å². The molecule has 1 aromatic carbocycles. The van der Waals surface area contributed by atoms with Crippen molar-refractivity contribution in [1.29, 1.82) is 0 Å². The first-order chi connectivity index (χ1) is 6.12. The van der Waals surface area contributed by atoms with Gasteiger partial charge in [0.15, 0.2) is 0 Å². The van der Waals surface area contributed by atoms with Crippen LogP contribution in [0.5, 0.6) is 0 Å². The lowest BCUT2D eigenvalue weighted by Gasteiger charge is -2.32. The summed E-state index contributed by atoms with van der Waals surface area (Å²) >= 11 is 0. The van der Waals surface area contributed by atoms with Gasteiger partial charge in [0.05, 0.1) is 0 Å². The number of benzene rings is 1. The van der Waals surface area contributed by atoms with Crippen molar-refractivity contribution in [2.45, 2.75) is 18.6 Å². The van der Waals surface area contributed by atoms with Gasteiger partial charge in [-0.05, 0) is 18.1 Å². The fraction of sp³-hybridized carbons (Fsp3) is 0.273. The average molecular weight is 176 g/mol. The summed E-state index contributed by atoms with van der Waals surface area (Å²) in [6, 6.07) is 7.53. The molecule has 0 saturated carbocycles. The highest BCUT2D eigenvalue weighted by Gasteiger charge is 2.34. The highest BCUT2D eigenvalue weighted by atomic mass is 16.3. The van der Waals surface area contributed by atoms with Crippen molar-refractivity contribution in [2.75, 3.05) is 0 Å². The Kier molecular flexibility index (Phi) is 1.75. The van der Waals surface area contributed by atoms with E-state index in [1.54, 1.807) is 13.0 Å². The van der Waals surface area contributed by atoms with E-state index >= 15 is 0 Å². The summed E-state index contributed by atoms with van der Waals surface area (Å²) in [4.78, 5) is 0. The molecule has 0 heterocycles. The van der Waals surface area contributed by atoms with Crippen LogP contribution in [0.4, 0.5) is 0 Å². The summed E-state index contributed by atoms with van der Waals surface area (Å²) in [5.74, 6) is 0. The Balaban J connectivity index is 2.61. The zero-order valence-corrected chi connectivity index (χ0v) is 7.44. The SMILES string of the molecule is CC1(O)c2ccccc2C=CC1O. The summed E-state index contributed by atoms with van der Waals surface area (Å²) in [6.45, 7) is 1.62. The zero-order valence-electron chi connectivity index (χ0n) is 7.44. The molecule has 0 bridgehead atoms. The lowest BCUT2D eigenvalue weighted by molar-refractivity contribution is -0.0436. The summed E-state index contributed by atoms with van der Waals surface area (Å²) in [6.07, 6.45) is 2.63. The molecule has 2 rings (SSSR count). The van der Waals surface area contributed by atoms with Gasteiger partial charge >= 0.3 is 0 Å². The van der Waals surface area contributed by atoms with Crippen LogP contribution in [0.25, 0.3) is 6.08 Å². The van der Waals surface area contributed by atoms with E-state index in [4.69, 9.17) is 0 Å². The first kappa shape index (κ1) is 8.48. The molecule has 0 saturated heterocycles. The summed E-state index contributed by atoms with van der Waals surface area (Å²) in [5, 5.41) is 19.5. The molecule has 0 amide bonds. The van der Waals surface area contributed by atoms with Gasteiger partial charge in [-0.1, -0.05) is 36.4 Å². The molecule has 0 spiro atoms. The number of aliphatic hydroxyl groups excluding tert-OH is 1. The molecule has 1 aliphatic rings. The minimum Gasteiger partial charge on any atom is -0.386 e. The van der Waals surface area contributed by atoms with Gasteiger partial charge in [-0.15, -0.1) is 0 Å². The van der Waals surface area contributed by atoms with Crippen molar-refractivity contribution >= 4 is 6.08 Å². The van der Waals surface area contributed by atoms with E-state index in [1.165, 1.54) is 0 Å². The van der Waals surface area contributed by atoms with Gasteiger partial charge in [0.1, 0.15) is 11.7 Å². The van der Waals surface area contributed by atoms with Crippen molar-refractivity contribution in [3.8, 4) is 0 Å². The van der Waals surface area contributed by atoms with Crippen LogP contribution in [-0.4, -0.2) is 16.3 Å². The Morgan fingerprint density at radius 2 is 2.00 bits per heavy atom. The van der Waals surface area contributed by atoms with Crippen LogP contribution in [0.2, 0.25) is 0 Å². The molecule has 2 N–H and O–H groups in total. The van der Waals surface area contributed by atoms with Crippen LogP contribution in [0.3, 0.4) is 0 Å². The molecule has 68 valence electrons. The van der Waals surface area contributed by atoms with E-state index in [1.807, 2.05) is 30.3 Å². The third kappa shape index (κ3) is 1.19. The maximum Gasteiger partial charge on any atom is 0.117 e. The van der Waals surface area contributed by atoms with Gasteiger partial charge in [0.2, 0.25) is 0 Å². The number of hydrogen-bond acceptors (Lipinski definition) is 2. The second-order valence-corrected chi connectivity index (χ2v) is 3.54. The first-order valence-electron chi connectivity index (χ1n) is 4.30. The first-order valence-corrected chi connectivity index (χ1v) is 4.30. The predicted octanol–water partition coefficient (Wildman–Crippen LogP) is 1.28. The van der Waals surface area contributed by atoms with Crippen LogP contribution in [0.1, 0.15) is 18.1 Å². The van der Waals surface area contributed by atoms with Crippen LogP contribution in [0.15, 0.2) is 30.3 Å². The van der Waals surface area contributed by atoms with Gasteiger partial charge in [-0.25, -0.2) is 0 Å². The lowest BCUT2D eigenvalue weighted by atomic mass is 9.82. The van der Waals surface area contributed by atoms with Gasteiger partial charge < -0.3 is 10.2 Å². The fourth-order valence-corrected chi connectivity index (χ4v) is 1.64. The molecule has 1 aromatic rings. The molecule has 1 aliphatic carbocycles. The van der Waals surface area contributed by atoms with E-state index in [-0.39, 0.29) is 0 Å². The predicted molar refractivity (Wildman–Crippen MR) is 51.1 cm³/mol. The quantitative estimate of drug-likeness (QED) is 0.625. The van der Waals surface area contributed by atoms with E-state index in [2.05, 4.69) is 0 Å². The zero-order chi connectivity index (χ0) is 9.47.